The lowest BCUT2D eigenvalue weighted by Gasteiger charge is -2.29. The lowest BCUT2D eigenvalue weighted by molar-refractivity contribution is -0.384. The number of hydrogen-bond donors (Lipinski definition) is 0. The minimum Gasteiger partial charge on any atom is -0.327 e. The molecule has 0 saturated heterocycles. The maximum absolute atomic E-state index is 14.3. The van der Waals surface area contributed by atoms with Crippen LogP contribution in [0, 0.1) is 15.9 Å². The molecule has 1 amide bonds. The van der Waals surface area contributed by atoms with Crippen molar-refractivity contribution in [2.24, 2.45) is 0 Å². The third-order valence-corrected chi connectivity index (χ3v) is 5.08. The number of amides is 1. The number of nitrogens with zero attached hydrogens (tertiary/aromatic N) is 4. The van der Waals surface area contributed by atoms with Gasteiger partial charge in [0.15, 0.2) is 5.69 Å². The average Bonchev–Trinajstić information content (AvgIpc) is 3.42. The van der Waals surface area contributed by atoms with Crippen LogP contribution in [-0.4, -0.2) is 31.6 Å². The van der Waals surface area contributed by atoms with Crippen LogP contribution >= 0.6 is 0 Å². The van der Waals surface area contributed by atoms with Crippen molar-refractivity contribution in [3.8, 4) is 5.69 Å². The lowest BCUT2D eigenvalue weighted by Crippen LogP contribution is -2.36. The van der Waals surface area contributed by atoms with Crippen molar-refractivity contribution in [2.75, 3.05) is 0 Å². The van der Waals surface area contributed by atoms with Gasteiger partial charge in [-0.25, -0.2) is 9.07 Å². The summed E-state index contributed by atoms with van der Waals surface area (Å²) in [4.78, 5) is 25.2. The molecule has 0 bridgehead atoms. The van der Waals surface area contributed by atoms with Crippen LogP contribution in [0.1, 0.15) is 41.9 Å². The number of halogens is 1. The number of aromatic nitrogens is 2. The van der Waals surface area contributed by atoms with Gasteiger partial charge < -0.3 is 4.90 Å². The van der Waals surface area contributed by atoms with E-state index in [0.717, 1.165) is 12.8 Å². The average molecular weight is 394 g/mol. The summed E-state index contributed by atoms with van der Waals surface area (Å²) in [5, 5.41) is 15.1. The first-order chi connectivity index (χ1) is 14.0. The zero-order valence-corrected chi connectivity index (χ0v) is 15.7. The Morgan fingerprint density at radius 1 is 1.21 bits per heavy atom. The van der Waals surface area contributed by atoms with E-state index in [1.165, 1.54) is 22.9 Å². The zero-order valence-electron chi connectivity index (χ0n) is 15.7. The van der Waals surface area contributed by atoms with Crippen molar-refractivity contribution in [1.82, 2.24) is 14.7 Å². The number of hydrogen-bond acceptors (Lipinski definition) is 4. The van der Waals surface area contributed by atoms with E-state index in [2.05, 4.69) is 5.10 Å². The molecule has 1 aliphatic rings. The molecule has 1 fully saturated rings. The summed E-state index contributed by atoms with van der Waals surface area (Å²) in [5.41, 5.74) is 1.31. The number of nitro benzene ring substituents is 1. The second kappa shape index (κ2) is 7.46. The number of rotatable bonds is 6. The van der Waals surface area contributed by atoms with Crippen LogP contribution in [0.3, 0.4) is 0 Å². The van der Waals surface area contributed by atoms with E-state index in [1.54, 1.807) is 47.5 Å². The van der Waals surface area contributed by atoms with Crippen molar-refractivity contribution < 1.29 is 14.1 Å². The van der Waals surface area contributed by atoms with E-state index >= 15 is 0 Å². The van der Waals surface area contributed by atoms with Gasteiger partial charge in [0.25, 0.3) is 11.6 Å². The largest absolute Gasteiger partial charge is 0.327 e. The van der Waals surface area contributed by atoms with E-state index in [0.29, 0.717) is 11.3 Å². The first-order valence-corrected chi connectivity index (χ1v) is 9.33. The second-order valence-electron chi connectivity index (χ2n) is 7.06. The quantitative estimate of drug-likeness (QED) is 0.461. The van der Waals surface area contributed by atoms with Gasteiger partial charge in [0.05, 0.1) is 16.7 Å². The molecule has 148 valence electrons. The van der Waals surface area contributed by atoms with Crippen LogP contribution in [0.5, 0.6) is 0 Å². The standard InChI is InChI=1S/C21H19FN4O3/c1-14(18-4-2-3-5-19(18)22)25(16-8-9-16)21(27)20-12-13-24(23-20)15-6-10-17(11-7-15)26(28)29/h2-7,10-14,16H,8-9H2,1H3. The number of carbonyl (C=O) groups excluding carboxylic acids is 1. The molecule has 2 aromatic carbocycles. The molecule has 29 heavy (non-hydrogen) atoms. The van der Waals surface area contributed by atoms with Gasteiger partial charge in [-0.1, -0.05) is 18.2 Å². The van der Waals surface area contributed by atoms with Crippen molar-refractivity contribution >= 4 is 11.6 Å². The Hall–Kier alpha value is -3.55. The molecule has 1 atom stereocenters. The summed E-state index contributed by atoms with van der Waals surface area (Å²) >= 11 is 0. The van der Waals surface area contributed by atoms with Crippen molar-refractivity contribution in [2.45, 2.75) is 31.8 Å². The van der Waals surface area contributed by atoms with Crippen LogP contribution in [0.15, 0.2) is 60.8 Å². The monoisotopic (exact) mass is 394 g/mol. The van der Waals surface area contributed by atoms with Gasteiger partial charge in [0, 0.05) is 29.9 Å². The highest BCUT2D eigenvalue weighted by molar-refractivity contribution is 5.93. The molecule has 1 aromatic heterocycles. The number of nitro groups is 1. The molecule has 1 unspecified atom stereocenters. The highest BCUT2D eigenvalue weighted by Gasteiger charge is 2.38. The third kappa shape index (κ3) is 3.73. The minimum absolute atomic E-state index is 0.0178. The maximum atomic E-state index is 14.3. The summed E-state index contributed by atoms with van der Waals surface area (Å²) in [6, 6.07) is 13.6. The van der Waals surface area contributed by atoms with E-state index in [1.807, 2.05) is 6.92 Å². The molecule has 0 N–H and O–H groups in total. The molecule has 8 heteroatoms. The summed E-state index contributed by atoms with van der Waals surface area (Å²) in [6.07, 6.45) is 3.40. The first-order valence-electron chi connectivity index (χ1n) is 9.33. The first kappa shape index (κ1) is 18.8. The summed E-state index contributed by atoms with van der Waals surface area (Å²) < 4.78 is 15.8. The highest BCUT2D eigenvalue weighted by Crippen LogP contribution is 2.36. The Kier molecular flexibility index (Phi) is 4.84. The van der Waals surface area contributed by atoms with Gasteiger partial charge in [-0.05, 0) is 44.0 Å². The normalized spacial score (nSPS) is 14.4. The Labute approximate surface area is 166 Å². The van der Waals surface area contributed by atoms with Crippen molar-refractivity contribution in [3.63, 3.8) is 0 Å². The maximum Gasteiger partial charge on any atom is 0.275 e. The number of benzene rings is 2. The second-order valence-corrected chi connectivity index (χ2v) is 7.06. The van der Waals surface area contributed by atoms with Gasteiger partial charge in [-0.2, -0.15) is 5.10 Å². The fourth-order valence-electron chi connectivity index (χ4n) is 3.42. The topological polar surface area (TPSA) is 81.3 Å². The Bertz CT molecular complexity index is 1060. The Morgan fingerprint density at radius 3 is 2.52 bits per heavy atom. The van der Waals surface area contributed by atoms with Crippen LogP contribution in [0.4, 0.5) is 10.1 Å². The summed E-state index contributed by atoms with van der Waals surface area (Å²) in [5.74, 6) is -0.598. The van der Waals surface area contributed by atoms with Crippen molar-refractivity contribution in [1.29, 1.82) is 0 Å². The lowest BCUT2D eigenvalue weighted by atomic mass is 10.1. The fraction of sp³-hybridized carbons (Fsp3) is 0.238. The predicted octanol–water partition coefficient (Wildman–Crippen LogP) is 4.29. The van der Waals surface area contributed by atoms with E-state index < -0.39 is 11.0 Å². The van der Waals surface area contributed by atoms with Gasteiger partial charge in [-0.15, -0.1) is 0 Å². The fourth-order valence-corrected chi connectivity index (χ4v) is 3.42. The molecule has 1 saturated carbocycles. The molecule has 1 aliphatic carbocycles. The van der Waals surface area contributed by atoms with Gasteiger partial charge in [0.1, 0.15) is 5.82 Å². The zero-order chi connectivity index (χ0) is 20.5. The molecular weight excluding hydrogens is 375 g/mol. The van der Waals surface area contributed by atoms with E-state index in [-0.39, 0.29) is 29.1 Å². The summed E-state index contributed by atoms with van der Waals surface area (Å²) in [6.45, 7) is 1.82. The molecule has 3 aromatic rings. The predicted molar refractivity (Wildman–Crippen MR) is 104 cm³/mol. The SMILES string of the molecule is CC(c1ccccc1F)N(C(=O)c1ccn(-c2ccc([N+](=O)[O-])cc2)n1)C1CC1. The molecule has 7 nitrogen and oxygen atoms in total. The third-order valence-electron chi connectivity index (χ3n) is 5.08. The van der Waals surface area contributed by atoms with Crippen LogP contribution in [0.25, 0.3) is 5.69 Å². The van der Waals surface area contributed by atoms with Crippen LogP contribution in [-0.2, 0) is 0 Å². The Balaban J connectivity index is 1.59. The Morgan fingerprint density at radius 2 is 1.90 bits per heavy atom. The number of carbonyl (C=O) groups is 1. The molecule has 1 heterocycles. The molecule has 4 rings (SSSR count). The molecule has 0 radical (unpaired) electrons. The van der Waals surface area contributed by atoms with Gasteiger partial charge in [-0.3, -0.25) is 14.9 Å². The van der Waals surface area contributed by atoms with E-state index in [4.69, 9.17) is 0 Å². The molecular formula is C21H19FN4O3. The van der Waals surface area contributed by atoms with E-state index in [9.17, 15) is 19.3 Å². The van der Waals surface area contributed by atoms with Gasteiger partial charge in [0.2, 0.25) is 0 Å². The minimum atomic E-state index is -0.473. The smallest absolute Gasteiger partial charge is 0.275 e. The molecule has 0 spiro atoms. The van der Waals surface area contributed by atoms with Crippen molar-refractivity contribution in [3.05, 3.63) is 88.0 Å². The van der Waals surface area contributed by atoms with Crippen LogP contribution in [0.2, 0.25) is 0 Å². The molecule has 0 aliphatic heterocycles. The number of non-ortho nitro benzene ring substituents is 1. The van der Waals surface area contributed by atoms with Crippen LogP contribution < -0.4 is 0 Å². The summed E-state index contributed by atoms with van der Waals surface area (Å²) in [7, 11) is 0. The van der Waals surface area contributed by atoms with Gasteiger partial charge >= 0.3 is 0 Å². The highest BCUT2D eigenvalue weighted by atomic mass is 19.1.